The van der Waals surface area contributed by atoms with Crippen molar-refractivity contribution >= 4 is 12.2 Å². The van der Waals surface area contributed by atoms with Crippen LogP contribution in [-0.2, 0) is 15.0 Å². The Labute approximate surface area is 108 Å². The third kappa shape index (κ3) is 1.84. The fraction of sp³-hybridized carbons (Fsp3) is 0.467. The molecule has 3 nitrogen and oxygen atoms in total. The number of rotatable bonds is 5. The number of carbonyl (C=O) groups excluding carboxylic acids is 2. The van der Waals surface area contributed by atoms with Crippen LogP contribution in [0.4, 0.5) is 0 Å². The molecule has 1 amide bonds. The quantitative estimate of drug-likeness (QED) is 0.744. The van der Waals surface area contributed by atoms with E-state index in [9.17, 15) is 9.59 Å². The molecule has 0 aliphatic heterocycles. The van der Waals surface area contributed by atoms with Crippen molar-refractivity contribution in [1.82, 2.24) is 4.90 Å². The highest BCUT2D eigenvalue weighted by Crippen LogP contribution is 2.54. The smallest absolute Gasteiger partial charge is 0.233 e. The van der Waals surface area contributed by atoms with Gasteiger partial charge in [-0.15, -0.1) is 0 Å². The largest absolute Gasteiger partial charge is 0.342 e. The Morgan fingerprint density at radius 1 is 1.33 bits per heavy atom. The molecule has 0 bridgehead atoms. The Bertz CT molecular complexity index is 439. The lowest BCUT2D eigenvalue weighted by molar-refractivity contribution is -0.134. The number of carbonyl (C=O) groups is 2. The van der Waals surface area contributed by atoms with Crippen molar-refractivity contribution in [3.05, 3.63) is 35.9 Å². The summed E-state index contributed by atoms with van der Waals surface area (Å²) in [5.41, 5.74) is 0.383. The van der Waals surface area contributed by atoms with Crippen molar-refractivity contribution in [2.45, 2.75) is 25.7 Å². The highest BCUT2D eigenvalue weighted by molar-refractivity contribution is 5.96. The number of amides is 1. The summed E-state index contributed by atoms with van der Waals surface area (Å²) in [5.74, 6) is -0.0659. The second-order valence-corrected chi connectivity index (χ2v) is 4.76. The van der Waals surface area contributed by atoms with E-state index in [1.165, 1.54) is 0 Å². The second-order valence-electron chi connectivity index (χ2n) is 4.76. The van der Waals surface area contributed by atoms with Crippen LogP contribution in [0.5, 0.6) is 0 Å². The summed E-state index contributed by atoms with van der Waals surface area (Å²) in [7, 11) is 0. The van der Waals surface area contributed by atoms with Crippen LogP contribution in [-0.4, -0.2) is 30.2 Å². The highest BCUT2D eigenvalue weighted by Gasteiger charge is 2.62. The van der Waals surface area contributed by atoms with Gasteiger partial charge in [0.1, 0.15) is 6.29 Å². The van der Waals surface area contributed by atoms with Gasteiger partial charge in [-0.2, -0.15) is 0 Å². The van der Waals surface area contributed by atoms with Crippen LogP contribution in [0.2, 0.25) is 0 Å². The van der Waals surface area contributed by atoms with Gasteiger partial charge in [-0.3, -0.25) is 4.79 Å². The molecule has 1 aromatic carbocycles. The van der Waals surface area contributed by atoms with Crippen LogP contribution >= 0.6 is 0 Å². The Balaban J connectivity index is 2.35. The molecule has 96 valence electrons. The van der Waals surface area contributed by atoms with Crippen LogP contribution in [0.15, 0.2) is 30.3 Å². The average molecular weight is 245 g/mol. The molecule has 0 aromatic heterocycles. The summed E-state index contributed by atoms with van der Waals surface area (Å²) < 4.78 is 0. The first-order valence-corrected chi connectivity index (χ1v) is 6.50. The topological polar surface area (TPSA) is 37.4 Å². The van der Waals surface area contributed by atoms with Crippen molar-refractivity contribution in [2.24, 2.45) is 5.92 Å². The summed E-state index contributed by atoms with van der Waals surface area (Å²) in [4.78, 5) is 25.5. The molecule has 0 saturated heterocycles. The number of benzene rings is 1. The van der Waals surface area contributed by atoms with Gasteiger partial charge in [0.15, 0.2) is 0 Å². The van der Waals surface area contributed by atoms with Crippen LogP contribution < -0.4 is 0 Å². The predicted octanol–water partition coefficient (Wildman–Crippen LogP) is 2.01. The fourth-order valence-electron chi connectivity index (χ4n) is 2.68. The van der Waals surface area contributed by atoms with Gasteiger partial charge < -0.3 is 9.69 Å². The first-order valence-electron chi connectivity index (χ1n) is 6.50. The number of hydrogen-bond acceptors (Lipinski definition) is 2. The third-order valence-corrected chi connectivity index (χ3v) is 3.90. The second kappa shape index (κ2) is 4.92. The van der Waals surface area contributed by atoms with E-state index >= 15 is 0 Å². The van der Waals surface area contributed by atoms with Crippen molar-refractivity contribution in [1.29, 1.82) is 0 Å². The molecule has 3 heteroatoms. The Morgan fingerprint density at radius 3 is 2.39 bits per heavy atom. The zero-order chi connectivity index (χ0) is 13.2. The van der Waals surface area contributed by atoms with E-state index in [-0.39, 0.29) is 11.8 Å². The summed E-state index contributed by atoms with van der Waals surface area (Å²) >= 11 is 0. The minimum atomic E-state index is -0.588. The van der Waals surface area contributed by atoms with E-state index in [2.05, 4.69) is 0 Å². The molecule has 0 unspecified atom stereocenters. The number of likely N-dealkylation sites (N-methyl/N-ethyl adjacent to an activating group) is 1. The molecule has 0 heterocycles. The number of aldehydes is 1. The van der Waals surface area contributed by atoms with Gasteiger partial charge in [0, 0.05) is 19.0 Å². The molecule has 1 aromatic rings. The summed E-state index contributed by atoms with van der Waals surface area (Å²) in [6, 6.07) is 9.67. The molecule has 1 fully saturated rings. The molecule has 0 N–H and O–H groups in total. The normalized spacial score (nSPS) is 25.6. The highest BCUT2D eigenvalue weighted by atomic mass is 16.2. The minimum absolute atomic E-state index is 0.0933. The first-order chi connectivity index (χ1) is 8.70. The van der Waals surface area contributed by atoms with Crippen LogP contribution in [0, 0.1) is 5.92 Å². The molecular formula is C15H19NO2. The van der Waals surface area contributed by atoms with E-state index < -0.39 is 5.41 Å². The van der Waals surface area contributed by atoms with Crippen molar-refractivity contribution < 1.29 is 9.59 Å². The van der Waals surface area contributed by atoms with Gasteiger partial charge in [-0.05, 0) is 25.8 Å². The van der Waals surface area contributed by atoms with E-state index in [1.54, 1.807) is 0 Å². The van der Waals surface area contributed by atoms with Gasteiger partial charge in [0.05, 0.1) is 5.41 Å². The fourth-order valence-corrected chi connectivity index (χ4v) is 2.68. The lowest BCUT2D eigenvalue weighted by Gasteiger charge is -2.25. The van der Waals surface area contributed by atoms with Gasteiger partial charge >= 0.3 is 0 Å². The SMILES string of the molecule is CCN(CC)C(=O)[C@@]1(c2ccccc2)C[C@H]1C=O. The molecule has 1 aliphatic carbocycles. The lowest BCUT2D eigenvalue weighted by Crippen LogP contribution is -2.40. The van der Waals surface area contributed by atoms with Crippen LogP contribution in [0.1, 0.15) is 25.8 Å². The lowest BCUT2D eigenvalue weighted by atomic mass is 9.91. The number of nitrogens with zero attached hydrogens (tertiary/aromatic N) is 1. The van der Waals surface area contributed by atoms with Gasteiger partial charge in [0.25, 0.3) is 0 Å². The first kappa shape index (κ1) is 12.8. The van der Waals surface area contributed by atoms with Crippen molar-refractivity contribution in [2.75, 3.05) is 13.1 Å². The van der Waals surface area contributed by atoms with Crippen LogP contribution in [0.3, 0.4) is 0 Å². The van der Waals surface area contributed by atoms with E-state index in [1.807, 2.05) is 49.1 Å². The van der Waals surface area contributed by atoms with Gasteiger partial charge in [-0.1, -0.05) is 30.3 Å². The van der Waals surface area contributed by atoms with Crippen molar-refractivity contribution in [3.63, 3.8) is 0 Å². The maximum absolute atomic E-state index is 12.6. The third-order valence-electron chi connectivity index (χ3n) is 3.90. The maximum Gasteiger partial charge on any atom is 0.233 e. The zero-order valence-corrected chi connectivity index (χ0v) is 10.9. The standard InChI is InChI=1S/C15H19NO2/c1-3-16(4-2)14(18)15(10-13(15)11-17)12-8-6-5-7-9-12/h5-9,11,13H,3-4,10H2,1-2H3/t13-,15+/m0/s1. The predicted molar refractivity (Wildman–Crippen MR) is 70.2 cm³/mol. The van der Waals surface area contributed by atoms with Crippen molar-refractivity contribution in [3.8, 4) is 0 Å². The molecule has 18 heavy (non-hydrogen) atoms. The van der Waals surface area contributed by atoms with Gasteiger partial charge in [0.2, 0.25) is 5.91 Å². The van der Waals surface area contributed by atoms with E-state index in [0.717, 1.165) is 11.8 Å². The zero-order valence-electron chi connectivity index (χ0n) is 10.9. The Hall–Kier alpha value is -1.64. The minimum Gasteiger partial charge on any atom is -0.342 e. The monoisotopic (exact) mass is 245 g/mol. The van der Waals surface area contributed by atoms with Gasteiger partial charge in [-0.25, -0.2) is 0 Å². The Morgan fingerprint density at radius 2 is 1.94 bits per heavy atom. The molecule has 0 spiro atoms. The molecule has 1 saturated carbocycles. The summed E-state index contributed by atoms with van der Waals surface area (Å²) in [5, 5.41) is 0. The molecule has 2 rings (SSSR count). The molecule has 1 aliphatic rings. The molecule has 2 atom stereocenters. The molecular weight excluding hydrogens is 226 g/mol. The number of hydrogen-bond donors (Lipinski definition) is 0. The van der Waals surface area contributed by atoms with E-state index in [0.29, 0.717) is 19.5 Å². The summed E-state index contributed by atoms with van der Waals surface area (Å²) in [6.07, 6.45) is 1.57. The average Bonchev–Trinajstić information content (AvgIpc) is 3.17. The molecule has 0 radical (unpaired) electrons. The van der Waals surface area contributed by atoms with E-state index in [4.69, 9.17) is 0 Å². The van der Waals surface area contributed by atoms with Crippen LogP contribution in [0.25, 0.3) is 0 Å². The summed E-state index contributed by atoms with van der Waals surface area (Å²) in [6.45, 7) is 5.32. The maximum atomic E-state index is 12.6. The Kier molecular flexibility index (Phi) is 3.50.